The largest absolute Gasteiger partial charge is 0.464 e. The van der Waals surface area contributed by atoms with Gasteiger partial charge in [0.1, 0.15) is 22.6 Å². The zero-order valence-corrected chi connectivity index (χ0v) is 18.1. The fourth-order valence-corrected chi connectivity index (χ4v) is 14.1. The van der Waals surface area contributed by atoms with Crippen molar-refractivity contribution in [2.75, 3.05) is 19.6 Å². The summed E-state index contributed by atoms with van der Waals surface area (Å²) in [4.78, 5) is 2.44. The SMILES string of the molecule is C[Si](C)(C)N(SN=C(C#N)OC1CN2CCCC1C2)[Si](C)(C)C. The van der Waals surface area contributed by atoms with Crippen LogP contribution in [0.25, 0.3) is 0 Å². The molecule has 0 aromatic carbocycles. The zero-order chi connectivity index (χ0) is 17.3. The minimum absolute atomic E-state index is 0.142. The van der Waals surface area contributed by atoms with E-state index < -0.39 is 16.5 Å². The van der Waals surface area contributed by atoms with Crippen molar-refractivity contribution in [3.63, 3.8) is 0 Å². The van der Waals surface area contributed by atoms with Gasteiger partial charge in [-0.2, -0.15) is 9.66 Å². The highest BCUT2D eigenvalue weighted by Gasteiger charge is 2.38. The van der Waals surface area contributed by atoms with E-state index in [-0.39, 0.29) is 12.0 Å². The van der Waals surface area contributed by atoms with Crippen LogP contribution >= 0.6 is 12.1 Å². The van der Waals surface area contributed by atoms with Crippen LogP contribution in [-0.2, 0) is 4.74 Å². The average Bonchev–Trinajstić information content (AvgIpc) is 2.68. The molecule has 2 bridgehead atoms. The van der Waals surface area contributed by atoms with Gasteiger partial charge < -0.3 is 4.74 Å². The number of hydrogen-bond donors (Lipinski definition) is 0. The van der Waals surface area contributed by atoms with E-state index in [0.717, 1.165) is 13.1 Å². The first kappa shape index (κ1) is 19.0. The van der Waals surface area contributed by atoms with Gasteiger partial charge in [-0.3, -0.25) is 8.54 Å². The molecule has 0 aromatic rings. The summed E-state index contributed by atoms with van der Waals surface area (Å²) in [6.07, 6.45) is 2.60. The van der Waals surface area contributed by atoms with E-state index in [1.165, 1.54) is 31.5 Å². The zero-order valence-electron chi connectivity index (χ0n) is 15.3. The lowest BCUT2D eigenvalue weighted by Gasteiger charge is -2.40. The molecule has 3 atom stereocenters. The van der Waals surface area contributed by atoms with Gasteiger partial charge in [0, 0.05) is 19.0 Å². The van der Waals surface area contributed by atoms with Crippen LogP contribution in [0, 0.1) is 17.2 Å². The standard InChI is InChI=1S/C15H30N4OSSi2/c1-22(2,3)19(23(4,5)6)21-17-15(10-16)20-14-12-18-9-7-8-13(14)11-18/h13-14H,7-9,11-12H2,1-6H3. The van der Waals surface area contributed by atoms with Crippen molar-refractivity contribution in [2.24, 2.45) is 10.3 Å². The predicted octanol–water partition coefficient (Wildman–Crippen LogP) is 3.55. The molecular weight excluding hydrogens is 340 g/mol. The second-order valence-electron chi connectivity index (χ2n) is 8.54. The van der Waals surface area contributed by atoms with Crippen LogP contribution in [0.4, 0.5) is 0 Å². The summed E-state index contributed by atoms with van der Waals surface area (Å²) < 4.78 is 12.9. The Morgan fingerprint density at radius 2 is 1.87 bits per heavy atom. The summed E-state index contributed by atoms with van der Waals surface area (Å²) in [5, 5.41) is 9.42. The van der Waals surface area contributed by atoms with Crippen molar-refractivity contribution >= 4 is 34.5 Å². The van der Waals surface area contributed by atoms with E-state index in [4.69, 9.17) is 4.74 Å². The van der Waals surface area contributed by atoms with Crippen molar-refractivity contribution in [3.05, 3.63) is 0 Å². The van der Waals surface area contributed by atoms with Crippen LogP contribution in [0.2, 0.25) is 39.3 Å². The summed E-state index contributed by atoms with van der Waals surface area (Å²) in [5.74, 6) is 0.813. The van der Waals surface area contributed by atoms with Gasteiger partial charge in [-0.05, 0) is 19.4 Å². The van der Waals surface area contributed by atoms with Gasteiger partial charge in [0.15, 0.2) is 6.07 Å². The van der Waals surface area contributed by atoms with Crippen LogP contribution < -0.4 is 0 Å². The van der Waals surface area contributed by atoms with Crippen LogP contribution in [0.3, 0.4) is 0 Å². The van der Waals surface area contributed by atoms with E-state index in [1.54, 1.807) is 0 Å². The van der Waals surface area contributed by atoms with Gasteiger partial charge >= 0.3 is 5.90 Å². The number of piperidine rings is 1. The second-order valence-corrected chi connectivity index (χ2v) is 19.9. The van der Waals surface area contributed by atoms with Crippen LogP contribution in [0.5, 0.6) is 0 Å². The minimum Gasteiger partial charge on any atom is -0.464 e. The first-order chi connectivity index (χ1) is 10.6. The molecule has 23 heavy (non-hydrogen) atoms. The van der Waals surface area contributed by atoms with E-state index in [9.17, 15) is 5.26 Å². The lowest BCUT2D eigenvalue weighted by atomic mass is 9.99. The third kappa shape index (κ3) is 5.07. The summed E-state index contributed by atoms with van der Waals surface area (Å²) in [7, 11) is -2.98. The van der Waals surface area contributed by atoms with Gasteiger partial charge in [0.2, 0.25) is 0 Å². The Bertz CT molecular complexity index is 481. The van der Waals surface area contributed by atoms with E-state index in [1.807, 2.05) is 0 Å². The Morgan fingerprint density at radius 3 is 2.39 bits per heavy atom. The molecule has 0 saturated carbocycles. The van der Waals surface area contributed by atoms with Gasteiger partial charge in [-0.1, -0.05) is 39.3 Å². The van der Waals surface area contributed by atoms with Crippen LogP contribution in [0.1, 0.15) is 12.8 Å². The van der Waals surface area contributed by atoms with Gasteiger partial charge in [-0.15, -0.1) is 0 Å². The molecule has 2 saturated heterocycles. The molecule has 3 unspecified atom stereocenters. The number of nitriles is 1. The highest BCUT2D eigenvalue weighted by Crippen LogP contribution is 2.31. The molecule has 2 fully saturated rings. The number of nitrogens with zero attached hydrogens (tertiary/aromatic N) is 4. The fraction of sp³-hybridized carbons (Fsp3) is 0.867. The maximum absolute atomic E-state index is 9.42. The first-order valence-corrected chi connectivity index (χ1v) is 16.1. The lowest BCUT2D eigenvalue weighted by molar-refractivity contribution is 0.160. The third-order valence-electron chi connectivity index (χ3n) is 4.29. The Balaban J connectivity index is 2.02. The molecule has 0 radical (unpaired) electrons. The van der Waals surface area contributed by atoms with Crippen molar-refractivity contribution < 1.29 is 4.74 Å². The van der Waals surface area contributed by atoms with Gasteiger partial charge in [0.25, 0.3) is 0 Å². The van der Waals surface area contributed by atoms with Crippen molar-refractivity contribution in [1.29, 1.82) is 5.26 Å². The van der Waals surface area contributed by atoms with Crippen LogP contribution in [0.15, 0.2) is 4.40 Å². The van der Waals surface area contributed by atoms with Gasteiger partial charge in [0.05, 0.1) is 12.1 Å². The van der Waals surface area contributed by atoms with Crippen LogP contribution in [-0.4, -0.2) is 56.6 Å². The number of rotatable bonds is 5. The molecule has 130 valence electrons. The molecule has 0 amide bonds. The molecule has 2 heterocycles. The summed E-state index contributed by atoms with van der Waals surface area (Å²) in [6, 6.07) is 2.16. The molecule has 0 aromatic heterocycles. The van der Waals surface area contributed by atoms with Crippen molar-refractivity contribution in [3.8, 4) is 6.07 Å². The van der Waals surface area contributed by atoms with E-state index >= 15 is 0 Å². The Labute approximate surface area is 147 Å². The molecule has 0 aliphatic carbocycles. The number of hydrogen-bond acceptors (Lipinski definition) is 6. The summed E-state index contributed by atoms with van der Waals surface area (Å²) in [6.45, 7) is 17.2. The first-order valence-electron chi connectivity index (χ1n) is 8.46. The maximum atomic E-state index is 9.42. The maximum Gasteiger partial charge on any atom is 0.303 e. The smallest absolute Gasteiger partial charge is 0.303 e. The summed E-state index contributed by atoms with van der Waals surface area (Å²) >= 11 is 1.46. The Hall–Kier alpha value is -0.336. The molecule has 2 aliphatic rings. The highest BCUT2D eigenvalue weighted by atomic mass is 32.2. The van der Waals surface area contributed by atoms with Gasteiger partial charge in [-0.25, -0.2) is 0 Å². The Morgan fingerprint density at radius 1 is 1.22 bits per heavy atom. The molecule has 8 heteroatoms. The number of fused-ring (bicyclic) bond motifs is 2. The fourth-order valence-electron chi connectivity index (χ4n) is 3.64. The number of ether oxygens (including phenoxy) is 1. The van der Waals surface area contributed by atoms with E-state index in [2.05, 4.69) is 58.3 Å². The topological polar surface area (TPSA) is 51.9 Å². The molecule has 2 aliphatic heterocycles. The minimum atomic E-state index is -1.49. The van der Waals surface area contributed by atoms with Crippen molar-refractivity contribution in [1.82, 2.24) is 8.54 Å². The average molecular weight is 371 g/mol. The lowest BCUT2D eigenvalue weighted by Crippen LogP contribution is -2.54. The molecule has 0 N–H and O–H groups in total. The molecule has 5 nitrogen and oxygen atoms in total. The highest BCUT2D eigenvalue weighted by molar-refractivity contribution is 7.98. The second kappa shape index (κ2) is 7.27. The molecular formula is C15H30N4OSSi2. The molecule has 2 rings (SSSR count). The molecule has 0 spiro atoms. The third-order valence-corrected chi connectivity index (χ3v) is 14.9. The van der Waals surface area contributed by atoms with E-state index in [0.29, 0.717) is 5.92 Å². The normalized spacial score (nSPS) is 28.8. The monoisotopic (exact) mass is 370 g/mol. The summed E-state index contributed by atoms with van der Waals surface area (Å²) in [5.41, 5.74) is 0. The predicted molar refractivity (Wildman–Crippen MR) is 103 cm³/mol. The van der Waals surface area contributed by atoms with Crippen molar-refractivity contribution in [2.45, 2.75) is 58.2 Å². The Kier molecular flexibility index (Phi) is 6.01. The quantitative estimate of drug-likeness (QED) is 0.320.